The van der Waals surface area contributed by atoms with Gasteiger partial charge in [-0.2, -0.15) is 0 Å². The van der Waals surface area contributed by atoms with Crippen molar-refractivity contribution in [1.82, 2.24) is 19.8 Å². The third kappa shape index (κ3) is 5.65. The van der Waals surface area contributed by atoms with Gasteiger partial charge in [-0.1, -0.05) is 0 Å². The highest BCUT2D eigenvalue weighted by atomic mass is 19.1. The Bertz CT molecular complexity index is 1210. The summed E-state index contributed by atoms with van der Waals surface area (Å²) in [5, 5.41) is 12.1. The highest BCUT2D eigenvalue weighted by Gasteiger charge is 2.30. The molecule has 4 heterocycles. The lowest BCUT2D eigenvalue weighted by molar-refractivity contribution is -0.128. The molecule has 2 aromatic heterocycles. The third-order valence-corrected chi connectivity index (χ3v) is 7.65. The molecule has 3 aromatic rings. The Morgan fingerprint density at radius 3 is 2.56 bits per heavy atom. The van der Waals surface area contributed by atoms with E-state index in [0.29, 0.717) is 31.1 Å². The van der Waals surface area contributed by atoms with E-state index in [2.05, 4.69) is 27.1 Å². The molecule has 0 spiro atoms. The van der Waals surface area contributed by atoms with Gasteiger partial charge in [-0.25, -0.2) is 13.8 Å². The molecule has 5 rings (SSSR count). The van der Waals surface area contributed by atoms with Crippen molar-refractivity contribution in [3.8, 4) is 0 Å². The van der Waals surface area contributed by atoms with E-state index >= 15 is 0 Å². The number of nitrogens with one attached hydrogen (secondary N) is 1. The number of aliphatic hydroxyl groups excluding tert-OH is 1. The summed E-state index contributed by atoms with van der Waals surface area (Å²) in [4.78, 5) is 24.3. The molecule has 2 fully saturated rings. The van der Waals surface area contributed by atoms with Gasteiger partial charge in [0.05, 0.1) is 6.10 Å². The minimum atomic E-state index is -0.670. The van der Waals surface area contributed by atoms with Crippen LogP contribution in [0.4, 0.5) is 8.78 Å². The van der Waals surface area contributed by atoms with Gasteiger partial charge in [0, 0.05) is 49.6 Å². The van der Waals surface area contributed by atoms with Gasteiger partial charge in [0.15, 0.2) is 0 Å². The number of pyridine rings is 1. The van der Waals surface area contributed by atoms with Crippen LogP contribution >= 0.6 is 0 Å². The molecule has 8 heteroatoms. The number of aromatic nitrogens is 2. The second-order valence-corrected chi connectivity index (χ2v) is 9.98. The molecule has 2 aliphatic rings. The number of benzene rings is 1. The summed E-state index contributed by atoms with van der Waals surface area (Å²) < 4.78 is 26.7. The monoisotopic (exact) mass is 494 g/mol. The highest BCUT2D eigenvalue weighted by Crippen LogP contribution is 2.33. The molecular weight excluding hydrogens is 462 g/mol. The van der Waals surface area contributed by atoms with Gasteiger partial charge in [0.2, 0.25) is 5.91 Å². The summed E-state index contributed by atoms with van der Waals surface area (Å²) in [6.07, 6.45) is 9.88. The number of aliphatic hydroxyl groups is 1. The number of fused-ring (bicyclic) bond motifs is 1. The van der Waals surface area contributed by atoms with E-state index < -0.39 is 17.7 Å². The topological polar surface area (TPSA) is 72.5 Å². The summed E-state index contributed by atoms with van der Waals surface area (Å²) in [6.45, 7) is 3.71. The molecular formula is C28H32F2N4O2. The zero-order valence-electron chi connectivity index (χ0n) is 20.2. The SMILES string of the molecule is O=C(/C=C/c1cc(F)cc(F)c1)N1CCC(C(O)CN2CCC(c3c[nH]c4ncccc34)CC2)CC1. The number of H-pyrrole nitrogens is 1. The van der Waals surface area contributed by atoms with Crippen LogP contribution < -0.4 is 0 Å². The van der Waals surface area contributed by atoms with Crippen molar-refractivity contribution in [2.24, 2.45) is 5.92 Å². The molecule has 0 aliphatic carbocycles. The molecule has 0 bridgehead atoms. The summed E-state index contributed by atoms with van der Waals surface area (Å²) in [6, 6.07) is 7.29. The first kappa shape index (κ1) is 24.6. The van der Waals surface area contributed by atoms with Crippen molar-refractivity contribution in [2.45, 2.75) is 37.7 Å². The van der Waals surface area contributed by atoms with Gasteiger partial charge >= 0.3 is 0 Å². The minimum Gasteiger partial charge on any atom is -0.392 e. The molecule has 6 nitrogen and oxygen atoms in total. The Balaban J connectivity index is 1.07. The first-order valence-electron chi connectivity index (χ1n) is 12.7. The van der Waals surface area contributed by atoms with E-state index in [1.165, 1.54) is 35.2 Å². The predicted molar refractivity (Wildman–Crippen MR) is 135 cm³/mol. The zero-order chi connectivity index (χ0) is 25.1. The van der Waals surface area contributed by atoms with Crippen molar-refractivity contribution in [1.29, 1.82) is 0 Å². The Kier molecular flexibility index (Phi) is 7.43. The molecule has 2 aliphatic heterocycles. The number of rotatable bonds is 6. The van der Waals surface area contributed by atoms with Gasteiger partial charge < -0.3 is 19.9 Å². The van der Waals surface area contributed by atoms with Crippen LogP contribution in [0, 0.1) is 17.6 Å². The van der Waals surface area contributed by atoms with E-state index in [9.17, 15) is 18.7 Å². The largest absolute Gasteiger partial charge is 0.392 e. The molecule has 1 atom stereocenters. The maximum Gasteiger partial charge on any atom is 0.246 e. The molecule has 36 heavy (non-hydrogen) atoms. The summed E-state index contributed by atoms with van der Waals surface area (Å²) in [5.41, 5.74) is 2.59. The van der Waals surface area contributed by atoms with Crippen LogP contribution in [0.3, 0.4) is 0 Å². The van der Waals surface area contributed by atoms with Gasteiger partial charge in [-0.3, -0.25) is 4.79 Å². The Morgan fingerprint density at radius 1 is 1.11 bits per heavy atom. The van der Waals surface area contributed by atoms with Gasteiger partial charge in [0.1, 0.15) is 17.3 Å². The number of carbonyl (C=O) groups is 1. The Hall–Kier alpha value is -3.10. The molecule has 1 unspecified atom stereocenters. The van der Waals surface area contributed by atoms with Crippen LogP contribution in [0.15, 0.2) is 48.8 Å². The second-order valence-electron chi connectivity index (χ2n) is 9.98. The number of aromatic amines is 1. The van der Waals surface area contributed by atoms with Crippen LogP contribution in [0.1, 0.15) is 42.7 Å². The van der Waals surface area contributed by atoms with E-state index in [4.69, 9.17) is 0 Å². The molecule has 1 amide bonds. The van der Waals surface area contributed by atoms with E-state index in [-0.39, 0.29) is 11.8 Å². The van der Waals surface area contributed by atoms with Crippen molar-refractivity contribution in [3.63, 3.8) is 0 Å². The van der Waals surface area contributed by atoms with Crippen molar-refractivity contribution in [2.75, 3.05) is 32.7 Å². The predicted octanol–water partition coefficient (Wildman–Crippen LogP) is 4.33. The Labute approximate surface area is 209 Å². The van der Waals surface area contributed by atoms with Crippen LogP contribution in [-0.4, -0.2) is 69.6 Å². The standard InChI is InChI=1S/C28H32F2N4O2/c29-22-14-19(15-23(30)16-22)3-4-27(36)34-12-7-21(8-13-34)26(35)18-33-10-5-20(6-11-33)25-17-32-28-24(25)2-1-9-31-28/h1-4,9,14-17,20-21,26,35H,5-8,10-13,18H2,(H,31,32)/b4-3+. The number of nitrogens with zero attached hydrogens (tertiary/aromatic N) is 3. The van der Waals surface area contributed by atoms with Crippen LogP contribution in [-0.2, 0) is 4.79 Å². The van der Waals surface area contributed by atoms with E-state index in [1.807, 2.05) is 6.07 Å². The molecule has 0 radical (unpaired) electrons. The number of carbonyl (C=O) groups excluding carboxylic acids is 1. The normalized spacial score (nSPS) is 19.4. The van der Waals surface area contributed by atoms with Crippen molar-refractivity contribution < 1.29 is 18.7 Å². The fraction of sp³-hybridized carbons (Fsp3) is 0.429. The van der Waals surface area contributed by atoms with Crippen LogP contribution in [0.5, 0.6) is 0 Å². The van der Waals surface area contributed by atoms with Crippen LogP contribution in [0.25, 0.3) is 17.1 Å². The van der Waals surface area contributed by atoms with E-state index in [1.54, 1.807) is 11.1 Å². The average molecular weight is 495 g/mol. The van der Waals surface area contributed by atoms with Gasteiger partial charge in [-0.05, 0) is 92.1 Å². The lowest BCUT2D eigenvalue weighted by atomic mass is 9.88. The molecule has 2 N–H and O–H groups in total. The highest BCUT2D eigenvalue weighted by molar-refractivity contribution is 5.91. The van der Waals surface area contributed by atoms with Crippen molar-refractivity contribution in [3.05, 3.63) is 71.6 Å². The minimum absolute atomic E-state index is 0.160. The lowest BCUT2D eigenvalue weighted by Gasteiger charge is -2.37. The zero-order valence-corrected chi connectivity index (χ0v) is 20.2. The van der Waals surface area contributed by atoms with Crippen molar-refractivity contribution >= 4 is 23.0 Å². The summed E-state index contributed by atoms with van der Waals surface area (Å²) in [7, 11) is 0. The number of amides is 1. The fourth-order valence-corrected chi connectivity index (χ4v) is 5.60. The molecule has 1 aromatic carbocycles. The molecule has 0 saturated carbocycles. The maximum atomic E-state index is 13.3. The quantitative estimate of drug-likeness (QED) is 0.501. The summed E-state index contributed by atoms with van der Waals surface area (Å²) >= 11 is 0. The number of β-amino-alcohol motifs (C(OH)–C–C–N with tert-alkyl or cyclic N) is 1. The average Bonchev–Trinajstić information content (AvgIpc) is 3.31. The first-order chi connectivity index (χ1) is 17.5. The number of halogens is 2. The van der Waals surface area contributed by atoms with Gasteiger partial charge in [-0.15, -0.1) is 0 Å². The first-order valence-corrected chi connectivity index (χ1v) is 12.7. The second kappa shape index (κ2) is 10.9. The molecule has 190 valence electrons. The number of piperidine rings is 2. The van der Waals surface area contributed by atoms with Crippen LogP contribution in [0.2, 0.25) is 0 Å². The number of hydrogen-bond acceptors (Lipinski definition) is 4. The van der Waals surface area contributed by atoms with E-state index in [0.717, 1.165) is 50.5 Å². The fourth-order valence-electron chi connectivity index (χ4n) is 5.60. The lowest BCUT2D eigenvalue weighted by Crippen LogP contribution is -2.45. The third-order valence-electron chi connectivity index (χ3n) is 7.65. The Morgan fingerprint density at radius 2 is 1.83 bits per heavy atom. The summed E-state index contributed by atoms with van der Waals surface area (Å²) in [5.74, 6) is -0.856. The number of hydrogen-bond donors (Lipinski definition) is 2. The van der Waals surface area contributed by atoms with Gasteiger partial charge in [0.25, 0.3) is 0 Å². The maximum absolute atomic E-state index is 13.3. The smallest absolute Gasteiger partial charge is 0.246 e. The molecule has 2 saturated heterocycles. The number of likely N-dealkylation sites (tertiary alicyclic amines) is 2.